The van der Waals surface area contributed by atoms with E-state index in [4.69, 9.17) is 10.9 Å². The molecule has 18 heavy (non-hydrogen) atoms. The van der Waals surface area contributed by atoms with Crippen molar-refractivity contribution in [2.24, 2.45) is 22.2 Å². The summed E-state index contributed by atoms with van der Waals surface area (Å²) in [5.74, 6) is 1.27. The number of nitrogens with zero attached hydrogens (tertiary/aromatic N) is 2. The van der Waals surface area contributed by atoms with Crippen molar-refractivity contribution in [2.45, 2.75) is 52.9 Å². The molecule has 0 aromatic heterocycles. The minimum atomic E-state index is -0.204. The number of nitrogens with two attached hydrogens (primary N) is 1. The molecule has 0 atom stereocenters. The maximum absolute atomic E-state index is 8.74. The van der Waals surface area contributed by atoms with Crippen molar-refractivity contribution in [1.82, 2.24) is 4.90 Å². The van der Waals surface area contributed by atoms with E-state index in [1.807, 2.05) is 13.8 Å². The lowest BCUT2D eigenvalue weighted by Gasteiger charge is -2.32. The summed E-state index contributed by atoms with van der Waals surface area (Å²) in [6, 6.07) is 0. The van der Waals surface area contributed by atoms with Crippen molar-refractivity contribution < 1.29 is 5.21 Å². The molecular weight excluding hydrogens is 226 g/mol. The van der Waals surface area contributed by atoms with E-state index in [1.165, 1.54) is 25.8 Å². The molecule has 0 aliphatic heterocycles. The molecular formula is C14H29N3O. The monoisotopic (exact) mass is 255 g/mol. The smallest absolute Gasteiger partial charge is 0.144 e. The highest BCUT2D eigenvalue weighted by atomic mass is 16.4. The first-order chi connectivity index (χ1) is 8.49. The number of hydrogen-bond acceptors (Lipinski definition) is 3. The molecule has 0 spiro atoms. The predicted molar refractivity (Wildman–Crippen MR) is 75.9 cm³/mol. The lowest BCUT2D eigenvalue weighted by atomic mass is 9.84. The zero-order valence-electron chi connectivity index (χ0n) is 12.2. The van der Waals surface area contributed by atoms with Crippen LogP contribution < -0.4 is 5.73 Å². The minimum Gasteiger partial charge on any atom is -0.409 e. The van der Waals surface area contributed by atoms with Gasteiger partial charge in [-0.15, -0.1) is 0 Å². The van der Waals surface area contributed by atoms with Crippen LogP contribution in [-0.4, -0.2) is 35.6 Å². The number of hydrogen-bond donors (Lipinski definition) is 2. The fraction of sp³-hybridized carbons (Fsp3) is 0.929. The summed E-state index contributed by atoms with van der Waals surface area (Å²) in [7, 11) is 0. The summed E-state index contributed by atoms with van der Waals surface area (Å²) in [6.07, 6.45) is 6.30. The fourth-order valence-electron chi connectivity index (χ4n) is 2.43. The van der Waals surface area contributed by atoms with Crippen LogP contribution in [0, 0.1) is 11.3 Å². The largest absolute Gasteiger partial charge is 0.409 e. The molecule has 1 saturated carbocycles. The van der Waals surface area contributed by atoms with Gasteiger partial charge >= 0.3 is 0 Å². The number of oxime groups is 1. The van der Waals surface area contributed by atoms with E-state index in [2.05, 4.69) is 17.0 Å². The van der Waals surface area contributed by atoms with Gasteiger partial charge < -0.3 is 15.8 Å². The van der Waals surface area contributed by atoms with Crippen molar-refractivity contribution in [2.75, 3.05) is 19.6 Å². The Balaban J connectivity index is 2.25. The molecule has 1 rings (SSSR count). The topological polar surface area (TPSA) is 61.8 Å². The second-order valence-electron chi connectivity index (χ2n) is 6.16. The molecule has 0 aromatic rings. The Hall–Kier alpha value is -0.770. The first-order valence-electron chi connectivity index (χ1n) is 7.20. The molecule has 0 aromatic carbocycles. The molecule has 1 aliphatic carbocycles. The van der Waals surface area contributed by atoms with Gasteiger partial charge in [-0.1, -0.05) is 32.3 Å². The van der Waals surface area contributed by atoms with Crippen molar-refractivity contribution in [3.63, 3.8) is 0 Å². The highest BCUT2D eigenvalue weighted by molar-refractivity contribution is 5.85. The van der Waals surface area contributed by atoms with Gasteiger partial charge in [0.1, 0.15) is 5.84 Å². The molecule has 0 unspecified atom stereocenters. The van der Waals surface area contributed by atoms with E-state index in [1.54, 1.807) is 0 Å². The molecule has 1 fully saturated rings. The van der Waals surface area contributed by atoms with Crippen LogP contribution in [-0.2, 0) is 0 Å². The van der Waals surface area contributed by atoms with Gasteiger partial charge in [-0.2, -0.15) is 0 Å². The standard InChI is InChI=1S/C14H29N3O/c1-4-17(11-12-7-5-8-12)10-6-9-14(2,3)13(15)16-18/h12,18H,4-11H2,1-3H3,(H2,15,16). The fourth-order valence-corrected chi connectivity index (χ4v) is 2.43. The summed E-state index contributed by atoms with van der Waals surface area (Å²) in [6.45, 7) is 9.79. The summed E-state index contributed by atoms with van der Waals surface area (Å²) in [5, 5.41) is 11.9. The second kappa shape index (κ2) is 6.98. The van der Waals surface area contributed by atoms with Crippen LogP contribution in [0.25, 0.3) is 0 Å². The third-order valence-electron chi connectivity index (χ3n) is 4.27. The summed E-state index contributed by atoms with van der Waals surface area (Å²) in [5.41, 5.74) is 5.49. The van der Waals surface area contributed by atoms with Crippen LogP contribution in [0.15, 0.2) is 5.16 Å². The van der Waals surface area contributed by atoms with Gasteiger partial charge in [-0.25, -0.2) is 0 Å². The summed E-state index contributed by atoms with van der Waals surface area (Å²) in [4.78, 5) is 2.53. The third kappa shape index (κ3) is 4.48. The van der Waals surface area contributed by atoms with E-state index < -0.39 is 0 Å². The van der Waals surface area contributed by atoms with E-state index in [9.17, 15) is 0 Å². The Bertz CT molecular complexity index is 272. The lowest BCUT2D eigenvalue weighted by molar-refractivity contribution is 0.178. The van der Waals surface area contributed by atoms with Crippen LogP contribution in [0.5, 0.6) is 0 Å². The average Bonchev–Trinajstić information content (AvgIpc) is 2.29. The van der Waals surface area contributed by atoms with E-state index >= 15 is 0 Å². The summed E-state index contributed by atoms with van der Waals surface area (Å²) < 4.78 is 0. The Labute approximate surface area is 111 Å². The van der Waals surface area contributed by atoms with Gasteiger partial charge in [0.15, 0.2) is 0 Å². The average molecular weight is 255 g/mol. The molecule has 1 aliphatic rings. The van der Waals surface area contributed by atoms with E-state index in [0.717, 1.165) is 31.8 Å². The Morgan fingerprint density at radius 2 is 2.11 bits per heavy atom. The van der Waals surface area contributed by atoms with Crippen molar-refractivity contribution >= 4 is 5.84 Å². The molecule has 0 amide bonds. The van der Waals surface area contributed by atoms with Gasteiger partial charge in [0.2, 0.25) is 0 Å². The second-order valence-corrected chi connectivity index (χ2v) is 6.16. The van der Waals surface area contributed by atoms with Crippen LogP contribution in [0.2, 0.25) is 0 Å². The summed E-state index contributed by atoms with van der Waals surface area (Å²) >= 11 is 0. The van der Waals surface area contributed by atoms with Gasteiger partial charge in [-0.3, -0.25) is 0 Å². The molecule has 106 valence electrons. The quantitative estimate of drug-likeness (QED) is 0.303. The molecule has 0 bridgehead atoms. The maximum atomic E-state index is 8.74. The number of rotatable bonds is 8. The van der Waals surface area contributed by atoms with Crippen molar-refractivity contribution in [3.8, 4) is 0 Å². The van der Waals surface area contributed by atoms with Crippen molar-refractivity contribution in [3.05, 3.63) is 0 Å². The van der Waals surface area contributed by atoms with Gasteiger partial charge in [-0.05, 0) is 44.7 Å². The molecule has 4 heteroatoms. The van der Waals surface area contributed by atoms with Gasteiger partial charge in [0.05, 0.1) is 0 Å². The zero-order chi connectivity index (χ0) is 13.6. The third-order valence-corrected chi connectivity index (χ3v) is 4.27. The predicted octanol–water partition coefficient (Wildman–Crippen LogP) is 2.66. The first-order valence-corrected chi connectivity index (χ1v) is 7.20. The molecule has 0 saturated heterocycles. The van der Waals surface area contributed by atoms with Crippen LogP contribution in [0.1, 0.15) is 52.9 Å². The first kappa shape index (κ1) is 15.3. The molecule has 3 N–H and O–H groups in total. The Morgan fingerprint density at radius 3 is 2.56 bits per heavy atom. The molecule has 4 nitrogen and oxygen atoms in total. The Kier molecular flexibility index (Phi) is 5.93. The van der Waals surface area contributed by atoms with Crippen LogP contribution in [0.3, 0.4) is 0 Å². The minimum absolute atomic E-state index is 0.204. The molecule has 0 radical (unpaired) electrons. The van der Waals surface area contributed by atoms with Gasteiger partial charge in [0.25, 0.3) is 0 Å². The number of amidine groups is 1. The van der Waals surface area contributed by atoms with Crippen LogP contribution in [0.4, 0.5) is 0 Å². The van der Waals surface area contributed by atoms with E-state index in [0.29, 0.717) is 5.84 Å². The highest BCUT2D eigenvalue weighted by Crippen LogP contribution is 2.27. The van der Waals surface area contributed by atoms with E-state index in [-0.39, 0.29) is 5.41 Å². The van der Waals surface area contributed by atoms with Gasteiger partial charge in [0, 0.05) is 12.0 Å². The maximum Gasteiger partial charge on any atom is 0.144 e. The zero-order valence-corrected chi connectivity index (χ0v) is 12.2. The van der Waals surface area contributed by atoms with Crippen molar-refractivity contribution in [1.29, 1.82) is 0 Å². The molecule has 0 heterocycles. The SMILES string of the molecule is CCN(CCCC(C)(C)C(N)=NO)CC1CCC1. The van der Waals surface area contributed by atoms with Crippen LogP contribution >= 0.6 is 0 Å². The Morgan fingerprint density at radius 1 is 1.44 bits per heavy atom. The highest BCUT2D eigenvalue weighted by Gasteiger charge is 2.24. The normalized spacial score (nSPS) is 18.1. The lowest BCUT2D eigenvalue weighted by Crippen LogP contribution is -2.35.